The first kappa shape index (κ1) is 25.0. The molecule has 196 valence electrons. The number of methoxy groups -OCH3 is 2. The van der Waals surface area contributed by atoms with Crippen LogP contribution in [0.1, 0.15) is 5.82 Å². The normalized spacial score (nSPS) is 11.2. The largest absolute Gasteiger partial charge is 0.497 e. The Bertz CT molecular complexity index is 1570. The predicted molar refractivity (Wildman–Crippen MR) is 139 cm³/mol. The van der Waals surface area contributed by atoms with Crippen molar-refractivity contribution in [3.63, 3.8) is 0 Å². The van der Waals surface area contributed by atoms with Gasteiger partial charge in [0.15, 0.2) is 28.7 Å². The minimum Gasteiger partial charge on any atom is -0.497 e. The first-order chi connectivity index (χ1) is 18.5. The Kier molecular flexibility index (Phi) is 7.09. The zero-order valence-corrected chi connectivity index (χ0v) is 21.5. The second kappa shape index (κ2) is 10.8. The molecule has 0 aliphatic carbocycles. The number of aryl methyl sites for hydroxylation is 1. The molecule has 0 unspecified atom stereocenters. The third-order valence-electron chi connectivity index (χ3n) is 5.98. The lowest BCUT2D eigenvalue weighted by molar-refractivity contribution is 0.374. The summed E-state index contributed by atoms with van der Waals surface area (Å²) in [6.45, 7) is 1.62. The van der Waals surface area contributed by atoms with E-state index in [1.165, 1.54) is 26.5 Å². The fourth-order valence-electron chi connectivity index (χ4n) is 4.00. The van der Waals surface area contributed by atoms with Gasteiger partial charge in [0.2, 0.25) is 0 Å². The summed E-state index contributed by atoms with van der Waals surface area (Å²) in [5.74, 6) is 0.953. The fraction of sp³-hybridized carbons (Fsp3) is 0.280. The van der Waals surface area contributed by atoms with E-state index in [9.17, 15) is 0 Å². The standard InChI is InChI=1S/C25H27FN10O2/c1-27-5-7-35-8-6-28-22(35)15-36(19-9-17(37-3)10-20(38-4)23(19)26)21-13-30-24-25(33-21)32-18(12-29-24)16-11-31-34(2)14-16/h6,8-14,27H,5,7,15H2,1-4H3. The number of rotatable bonds is 10. The number of nitrogens with zero attached hydrogens (tertiary/aromatic N) is 9. The maximum absolute atomic E-state index is 15.7. The molecule has 38 heavy (non-hydrogen) atoms. The smallest absolute Gasteiger partial charge is 0.200 e. The van der Waals surface area contributed by atoms with E-state index in [2.05, 4.69) is 30.4 Å². The molecule has 0 amide bonds. The minimum atomic E-state index is -0.571. The molecule has 4 aromatic heterocycles. The first-order valence-electron chi connectivity index (χ1n) is 11.8. The number of hydrogen-bond donors (Lipinski definition) is 1. The third-order valence-corrected chi connectivity index (χ3v) is 5.98. The topological polar surface area (TPSA) is 121 Å². The molecule has 0 spiro atoms. The van der Waals surface area contributed by atoms with E-state index in [0.29, 0.717) is 40.9 Å². The highest BCUT2D eigenvalue weighted by Gasteiger charge is 2.23. The van der Waals surface area contributed by atoms with Crippen molar-refractivity contribution in [2.75, 3.05) is 32.7 Å². The number of imidazole rings is 1. The van der Waals surface area contributed by atoms with Crippen LogP contribution in [-0.4, -0.2) is 67.1 Å². The van der Waals surface area contributed by atoms with Crippen LogP contribution in [0, 0.1) is 5.82 Å². The van der Waals surface area contributed by atoms with Crippen molar-refractivity contribution in [2.24, 2.45) is 7.05 Å². The lowest BCUT2D eigenvalue weighted by atomic mass is 10.2. The molecule has 5 rings (SSSR count). The van der Waals surface area contributed by atoms with Crippen LogP contribution >= 0.6 is 0 Å². The second-order valence-corrected chi connectivity index (χ2v) is 8.42. The Morgan fingerprint density at radius 2 is 1.87 bits per heavy atom. The highest BCUT2D eigenvalue weighted by atomic mass is 19.1. The molecule has 0 aliphatic rings. The summed E-state index contributed by atoms with van der Waals surface area (Å²) in [5, 5.41) is 7.33. The third kappa shape index (κ3) is 4.95. The molecular formula is C25H27FN10O2. The van der Waals surface area contributed by atoms with Gasteiger partial charge in [-0.05, 0) is 7.05 Å². The number of fused-ring (bicyclic) bond motifs is 1. The van der Waals surface area contributed by atoms with Crippen molar-refractivity contribution in [3.05, 3.63) is 61.0 Å². The van der Waals surface area contributed by atoms with Crippen LogP contribution in [0.4, 0.5) is 15.9 Å². The zero-order chi connectivity index (χ0) is 26.6. The van der Waals surface area contributed by atoms with E-state index in [1.807, 2.05) is 31.1 Å². The number of likely N-dealkylation sites (N-methyl/N-ethyl adjacent to an activating group) is 1. The van der Waals surface area contributed by atoms with Crippen LogP contribution in [-0.2, 0) is 20.1 Å². The first-order valence-corrected chi connectivity index (χ1v) is 11.8. The van der Waals surface area contributed by atoms with Crippen LogP contribution in [0.25, 0.3) is 22.6 Å². The van der Waals surface area contributed by atoms with Gasteiger partial charge in [-0.25, -0.2) is 29.3 Å². The molecule has 5 aromatic rings. The molecule has 0 bridgehead atoms. The van der Waals surface area contributed by atoms with E-state index in [1.54, 1.807) is 34.2 Å². The summed E-state index contributed by atoms with van der Waals surface area (Å²) >= 11 is 0. The number of hydrogen-bond acceptors (Lipinski definition) is 10. The molecule has 13 heteroatoms. The van der Waals surface area contributed by atoms with Crippen LogP contribution in [0.15, 0.2) is 49.3 Å². The van der Waals surface area contributed by atoms with Crippen LogP contribution in [0.5, 0.6) is 11.5 Å². The average Bonchev–Trinajstić information content (AvgIpc) is 3.58. The molecule has 1 aromatic carbocycles. The summed E-state index contributed by atoms with van der Waals surface area (Å²) < 4.78 is 30.1. The minimum absolute atomic E-state index is 0.0373. The van der Waals surface area contributed by atoms with E-state index >= 15 is 4.39 Å². The van der Waals surface area contributed by atoms with Crippen molar-refractivity contribution in [3.8, 4) is 22.8 Å². The van der Waals surface area contributed by atoms with Gasteiger partial charge < -0.3 is 24.3 Å². The molecule has 0 saturated heterocycles. The number of ether oxygens (including phenoxy) is 2. The quantitative estimate of drug-likeness (QED) is 0.295. The summed E-state index contributed by atoms with van der Waals surface area (Å²) in [6.07, 6.45) is 10.3. The SMILES string of the molecule is CNCCn1ccnc1CN(c1cnc2ncc(-c3cnn(C)c3)nc2n1)c1cc(OC)cc(OC)c1F. The molecule has 0 saturated carbocycles. The van der Waals surface area contributed by atoms with Crippen molar-refractivity contribution in [2.45, 2.75) is 13.1 Å². The van der Waals surface area contributed by atoms with Crippen LogP contribution in [0.3, 0.4) is 0 Å². The van der Waals surface area contributed by atoms with Gasteiger partial charge in [0.1, 0.15) is 11.6 Å². The Morgan fingerprint density at radius 3 is 2.61 bits per heavy atom. The van der Waals surface area contributed by atoms with Gasteiger partial charge in [0.05, 0.1) is 50.7 Å². The van der Waals surface area contributed by atoms with E-state index in [4.69, 9.17) is 14.5 Å². The van der Waals surface area contributed by atoms with Gasteiger partial charge >= 0.3 is 0 Å². The van der Waals surface area contributed by atoms with E-state index in [-0.39, 0.29) is 18.0 Å². The molecular weight excluding hydrogens is 491 g/mol. The Hall–Kier alpha value is -4.65. The van der Waals surface area contributed by atoms with Gasteiger partial charge in [-0.3, -0.25) is 4.68 Å². The van der Waals surface area contributed by atoms with Crippen molar-refractivity contribution >= 4 is 22.8 Å². The van der Waals surface area contributed by atoms with Crippen molar-refractivity contribution in [1.29, 1.82) is 0 Å². The maximum Gasteiger partial charge on any atom is 0.200 e. The lowest BCUT2D eigenvalue weighted by Gasteiger charge is -2.25. The Balaban J connectivity index is 1.63. The van der Waals surface area contributed by atoms with Gasteiger partial charge in [0.25, 0.3) is 0 Å². The van der Waals surface area contributed by atoms with Crippen LogP contribution < -0.4 is 19.7 Å². The molecule has 0 atom stereocenters. The van der Waals surface area contributed by atoms with Crippen molar-refractivity contribution < 1.29 is 13.9 Å². The molecule has 0 aliphatic heterocycles. The maximum atomic E-state index is 15.7. The fourth-order valence-corrected chi connectivity index (χ4v) is 4.00. The summed E-state index contributed by atoms with van der Waals surface area (Å²) in [4.78, 5) is 24.4. The molecule has 12 nitrogen and oxygen atoms in total. The molecule has 0 radical (unpaired) electrons. The summed E-state index contributed by atoms with van der Waals surface area (Å²) in [6, 6.07) is 3.07. The van der Waals surface area contributed by atoms with Crippen LogP contribution in [0.2, 0.25) is 0 Å². The number of aromatic nitrogens is 8. The number of anilines is 2. The number of nitrogens with one attached hydrogen (secondary N) is 1. The van der Waals surface area contributed by atoms with Gasteiger partial charge in [-0.15, -0.1) is 0 Å². The molecule has 0 fully saturated rings. The predicted octanol–water partition coefficient (Wildman–Crippen LogP) is 2.73. The number of halogens is 1. The molecule has 1 N–H and O–H groups in total. The van der Waals surface area contributed by atoms with Crippen molar-refractivity contribution in [1.82, 2.24) is 44.6 Å². The summed E-state index contributed by atoms with van der Waals surface area (Å²) in [7, 11) is 6.62. The van der Waals surface area contributed by atoms with E-state index in [0.717, 1.165) is 12.1 Å². The van der Waals surface area contributed by atoms with E-state index < -0.39 is 5.82 Å². The Labute approximate surface area is 218 Å². The number of benzene rings is 1. The average molecular weight is 519 g/mol. The highest BCUT2D eigenvalue weighted by Crippen LogP contribution is 2.37. The highest BCUT2D eigenvalue weighted by molar-refractivity contribution is 5.73. The second-order valence-electron chi connectivity index (χ2n) is 8.42. The lowest BCUT2D eigenvalue weighted by Crippen LogP contribution is -2.24. The van der Waals surface area contributed by atoms with Gasteiger partial charge in [-0.1, -0.05) is 0 Å². The monoisotopic (exact) mass is 518 g/mol. The Morgan fingerprint density at radius 1 is 1.03 bits per heavy atom. The zero-order valence-electron chi connectivity index (χ0n) is 21.5. The van der Waals surface area contributed by atoms with Gasteiger partial charge in [-0.2, -0.15) is 5.10 Å². The molecule has 4 heterocycles. The summed E-state index contributed by atoms with van der Waals surface area (Å²) in [5.41, 5.74) is 2.25. The van der Waals surface area contributed by atoms with Gasteiger partial charge in [0, 0.05) is 56.4 Å².